The molecule has 0 bridgehead atoms. The van der Waals surface area contributed by atoms with Crippen molar-refractivity contribution in [3.63, 3.8) is 0 Å². The van der Waals surface area contributed by atoms with Crippen molar-refractivity contribution in [1.82, 2.24) is 0 Å². The molecule has 0 aromatic rings. The standard InChI is InChI=1S/C16H20/c1-2-7-12-16(11-6-1)13-10-14-8-4-3-5-9-15(14)16/h3-5,9-10,13H,1-2,6-8,11-12H2. The van der Waals surface area contributed by atoms with Gasteiger partial charge in [-0.05, 0) is 30.4 Å². The van der Waals surface area contributed by atoms with Crippen molar-refractivity contribution in [2.24, 2.45) is 5.41 Å². The normalized spacial score (nSPS) is 27.0. The molecule has 0 N–H and O–H groups in total. The van der Waals surface area contributed by atoms with Gasteiger partial charge in [-0.2, -0.15) is 0 Å². The first kappa shape index (κ1) is 10.1. The molecule has 0 aromatic heterocycles. The molecule has 0 saturated heterocycles. The number of hydrogen-bond acceptors (Lipinski definition) is 0. The Morgan fingerprint density at radius 3 is 2.50 bits per heavy atom. The van der Waals surface area contributed by atoms with Crippen LogP contribution in [0.5, 0.6) is 0 Å². The molecule has 1 saturated carbocycles. The van der Waals surface area contributed by atoms with E-state index in [1.54, 1.807) is 11.1 Å². The highest BCUT2D eigenvalue weighted by atomic mass is 14.4. The maximum atomic E-state index is 2.51. The van der Waals surface area contributed by atoms with Crippen LogP contribution >= 0.6 is 0 Å². The largest absolute Gasteiger partial charge is 0.0801 e. The molecule has 3 aliphatic rings. The summed E-state index contributed by atoms with van der Waals surface area (Å²) in [6, 6.07) is 0. The van der Waals surface area contributed by atoms with Crippen LogP contribution in [0.25, 0.3) is 0 Å². The van der Waals surface area contributed by atoms with Crippen LogP contribution in [0.15, 0.2) is 47.6 Å². The number of allylic oxidation sites excluding steroid dienone is 8. The summed E-state index contributed by atoms with van der Waals surface area (Å²) in [5.41, 5.74) is 3.60. The lowest BCUT2D eigenvalue weighted by Crippen LogP contribution is -2.17. The molecule has 1 spiro atoms. The third kappa shape index (κ3) is 1.61. The zero-order chi connectivity index (χ0) is 10.8. The van der Waals surface area contributed by atoms with Crippen molar-refractivity contribution in [3.8, 4) is 0 Å². The van der Waals surface area contributed by atoms with E-state index in [2.05, 4.69) is 36.5 Å². The van der Waals surface area contributed by atoms with Gasteiger partial charge >= 0.3 is 0 Å². The Labute approximate surface area is 98.4 Å². The minimum atomic E-state index is 0.411. The van der Waals surface area contributed by atoms with Gasteiger partial charge in [-0.1, -0.05) is 62.1 Å². The van der Waals surface area contributed by atoms with Crippen LogP contribution in [0.1, 0.15) is 44.9 Å². The fourth-order valence-corrected chi connectivity index (χ4v) is 3.43. The van der Waals surface area contributed by atoms with Crippen LogP contribution in [0.4, 0.5) is 0 Å². The predicted octanol–water partition coefficient (Wildman–Crippen LogP) is 4.71. The Bertz CT molecular complexity index is 382. The van der Waals surface area contributed by atoms with Gasteiger partial charge in [0.15, 0.2) is 0 Å². The molecule has 16 heavy (non-hydrogen) atoms. The molecule has 3 rings (SSSR count). The Hall–Kier alpha value is -1.04. The predicted molar refractivity (Wildman–Crippen MR) is 69.2 cm³/mol. The van der Waals surface area contributed by atoms with Gasteiger partial charge in [-0.15, -0.1) is 0 Å². The van der Waals surface area contributed by atoms with Crippen molar-refractivity contribution in [1.29, 1.82) is 0 Å². The molecular formula is C16H20. The van der Waals surface area contributed by atoms with Gasteiger partial charge in [0.25, 0.3) is 0 Å². The molecule has 3 aliphatic carbocycles. The van der Waals surface area contributed by atoms with Gasteiger partial charge in [-0.3, -0.25) is 0 Å². The van der Waals surface area contributed by atoms with E-state index >= 15 is 0 Å². The van der Waals surface area contributed by atoms with Gasteiger partial charge < -0.3 is 0 Å². The molecule has 0 aromatic carbocycles. The molecule has 0 radical (unpaired) electrons. The van der Waals surface area contributed by atoms with Crippen LogP contribution in [0.2, 0.25) is 0 Å². The lowest BCUT2D eigenvalue weighted by molar-refractivity contribution is 0.410. The molecule has 0 amide bonds. The lowest BCUT2D eigenvalue weighted by atomic mass is 9.75. The fourth-order valence-electron chi connectivity index (χ4n) is 3.43. The van der Waals surface area contributed by atoms with Crippen molar-refractivity contribution < 1.29 is 0 Å². The Balaban J connectivity index is 1.96. The highest BCUT2D eigenvalue weighted by molar-refractivity contribution is 5.50. The first-order valence-corrected chi connectivity index (χ1v) is 6.67. The van der Waals surface area contributed by atoms with E-state index in [9.17, 15) is 0 Å². The summed E-state index contributed by atoms with van der Waals surface area (Å²) in [4.78, 5) is 0. The summed E-state index contributed by atoms with van der Waals surface area (Å²) in [7, 11) is 0. The number of hydrogen-bond donors (Lipinski definition) is 0. The Kier molecular flexibility index (Phi) is 2.59. The summed E-state index contributed by atoms with van der Waals surface area (Å²) in [6.45, 7) is 0. The summed E-state index contributed by atoms with van der Waals surface area (Å²) < 4.78 is 0. The van der Waals surface area contributed by atoms with Gasteiger partial charge in [-0.25, -0.2) is 0 Å². The molecule has 0 unspecified atom stereocenters. The van der Waals surface area contributed by atoms with E-state index < -0.39 is 0 Å². The second-order valence-corrected chi connectivity index (χ2v) is 5.33. The molecule has 0 nitrogen and oxygen atoms in total. The second-order valence-electron chi connectivity index (χ2n) is 5.33. The highest BCUT2D eigenvalue weighted by Gasteiger charge is 2.35. The van der Waals surface area contributed by atoms with Crippen molar-refractivity contribution in [2.75, 3.05) is 0 Å². The van der Waals surface area contributed by atoms with Crippen LogP contribution in [0.3, 0.4) is 0 Å². The van der Waals surface area contributed by atoms with Gasteiger partial charge in [0, 0.05) is 5.41 Å². The maximum absolute atomic E-state index is 2.51. The van der Waals surface area contributed by atoms with Crippen molar-refractivity contribution in [3.05, 3.63) is 47.6 Å². The first-order valence-electron chi connectivity index (χ1n) is 6.67. The van der Waals surface area contributed by atoms with Crippen LogP contribution in [-0.4, -0.2) is 0 Å². The summed E-state index contributed by atoms with van der Waals surface area (Å²) in [6.07, 6.45) is 23.5. The van der Waals surface area contributed by atoms with E-state index in [-0.39, 0.29) is 0 Å². The first-order chi connectivity index (χ1) is 7.91. The van der Waals surface area contributed by atoms with E-state index in [1.165, 1.54) is 38.5 Å². The highest BCUT2D eigenvalue weighted by Crippen LogP contribution is 2.49. The Morgan fingerprint density at radius 1 is 0.875 bits per heavy atom. The molecule has 84 valence electrons. The van der Waals surface area contributed by atoms with E-state index in [0.717, 1.165) is 6.42 Å². The Morgan fingerprint density at radius 2 is 1.69 bits per heavy atom. The third-order valence-electron chi connectivity index (χ3n) is 4.33. The monoisotopic (exact) mass is 212 g/mol. The minimum absolute atomic E-state index is 0.411. The van der Waals surface area contributed by atoms with E-state index in [1.807, 2.05) is 0 Å². The van der Waals surface area contributed by atoms with E-state index in [0.29, 0.717) is 5.41 Å². The van der Waals surface area contributed by atoms with Crippen LogP contribution in [0, 0.1) is 5.41 Å². The second kappa shape index (κ2) is 4.08. The quantitative estimate of drug-likeness (QED) is 0.545. The topological polar surface area (TPSA) is 0 Å². The summed E-state index contributed by atoms with van der Waals surface area (Å²) in [5.74, 6) is 0. The van der Waals surface area contributed by atoms with Crippen molar-refractivity contribution in [2.45, 2.75) is 44.9 Å². The summed E-state index contributed by atoms with van der Waals surface area (Å²) in [5, 5.41) is 0. The van der Waals surface area contributed by atoms with Crippen LogP contribution < -0.4 is 0 Å². The lowest BCUT2D eigenvalue weighted by Gasteiger charge is -2.28. The number of rotatable bonds is 0. The number of fused-ring (bicyclic) bond motifs is 1. The molecule has 0 heteroatoms. The van der Waals surface area contributed by atoms with Crippen LogP contribution in [-0.2, 0) is 0 Å². The molecular weight excluding hydrogens is 192 g/mol. The van der Waals surface area contributed by atoms with Gasteiger partial charge in [0.1, 0.15) is 0 Å². The average Bonchev–Trinajstić information content (AvgIpc) is 2.55. The van der Waals surface area contributed by atoms with Gasteiger partial charge in [0.05, 0.1) is 0 Å². The molecule has 0 atom stereocenters. The molecule has 1 fully saturated rings. The summed E-state index contributed by atoms with van der Waals surface area (Å²) >= 11 is 0. The smallest absolute Gasteiger partial charge is 0.0138 e. The zero-order valence-corrected chi connectivity index (χ0v) is 9.91. The van der Waals surface area contributed by atoms with E-state index in [4.69, 9.17) is 0 Å². The third-order valence-corrected chi connectivity index (χ3v) is 4.33. The maximum Gasteiger partial charge on any atom is 0.0138 e. The molecule has 0 heterocycles. The molecule has 0 aliphatic heterocycles. The fraction of sp³-hybridized carbons (Fsp3) is 0.500. The zero-order valence-electron chi connectivity index (χ0n) is 9.91. The minimum Gasteiger partial charge on any atom is -0.0801 e. The SMILES string of the molecule is C1=CCC2=C(C=C1)C1(C=C2)CCCCCC1. The average molecular weight is 212 g/mol. The van der Waals surface area contributed by atoms with Crippen molar-refractivity contribution >= 4 is 0 Å². The van der Waals surface area contributed by atoms with Gasteiger partial charge in [0.2, 0.25) is 0 Å².